The van der Waals surface area contributed by atoms with Crippen LogP contribution in [0.2, 0.25) is 0 Å². The van der Waals surface area contributed by atoms with E-state index in [-0.39, 0.29) is 9.85 Å². The zero-order chi connectivity index (χ0) is 20.1. The summed E-state index contributed by atoms with van der Waals surface area (Å²) in [6.07, 6.45) is 0. The van der Waals surface area contributed by atoms with Crippen molar-refractivity contribution < 1.29 is 35.5 Å². The summed E-state index contributed by atoms with van der Waals surface area (Å²) in [5.74, 6) is -1.20. The first-order valence-electron chi connectivity index (χ1n) is 6.69. The third-order valence-corrected chi connectivity index (χ3v) is 4.84. The third-order valence-electron chi connectivity index (χ3n) is 2.97. The molecule has 0 unspecified atom stereocenters. The molecule has 2 radical (unpaired) electrons. The Morgan fingerprint density at radius 2 is 1.11 bits per heavy atom. The van der Waals surface area contributed by atoms with Crippen molar-refractivity contribution in [3.8, 4) is 11.5 Å². The molecule has 0 aliphatic heterocycles. The molecule has 15 heteroatoms. The van der Waals surface area contributed by atoms with Crippen molar-refractivity contribution in [2.45, 2.75) is 0 Å². The summed E-state index contributed by atoms with van der Waals surface area (Å²) < 4.78 is 9.33. The summed E-state index contributed by atoms with van der Waals surface area (Å²) >= 11 is -2.94. The Hall–Kier alpha value is -3.44. The number of rotatable bonds is 8. The van der Waals surface area contributed by atoms with Crippen LogP contribution in [0, 0.1) is 30.0 Å². The molecule has 138 valence electrons. The van der Waals surface area contributed by atoms with Crippen LogP contribution in [0.3, 0.4) is 0 Å². The molecule has 2 N–H and O–H groups in total. The van der Waals surface area contributed by atoms with Gasteiger partial charge in [-0.3, -0.25) is 0 Å². The molecule has 0 bridgehead atoms. The molecule has 0 fully saturated rings. The molecule has 0 heterocycles. The van der Waals surface area contributed by atoms with E-state index in [4.69, 9.17) is 0 Å². The van der Waals surface area contributed by atoms with Crippen molar-refractivity contribution in [2.75, 3.05) is 0 Å². The van der Waals surface area contributed by atoms with Gasteiger partial charge in [0.05, 0.1) is 0 Å². The Morgan fingerprint density at radius 1 is 0.741 bits per heavy atom. The first kappa shape index (κ1) is 19.9. The number of nitro benzene ring substituents is 2. The third kappa shape index (κ3) is 4.80. The number of phenols is 2. The fourth-order valence-corrected chi connectivity index (χ4v) is 3.15. The van der Waals surface area contributed by atoms with Crippen LogP contribution in [-0.2, 0) is 5.58 Å². The summed E-state index contributed by atoms with van der Waals surface area (Å²) in [5, 5.41) is 40.5. The molecule has 14 nitrogen and oxygen atoms in total. The molecule has 0 aliphatic carbocycles. The SMILES string of the molecule is O=[N+]([O-])c1ccc(O)c([N+](=O)[O][Pb][O][N+](=O)c2cc([N+](=O)[O-])ccc2O)c1. The van der Waals surface area contributed by atoms with Gasteiger partial charge in [-0.1, -0.05) is 0 Å². The quantitative estimate of drug-likeness (QED) is 0.267. The topological polar surface area (TPSA) is 185 Å². The predicted molar refractivity (Wildman–Crippen MR) is 84.0 cm³/mol. The first-order chi connectivity index (χ1) is 12.7. The second kappa shape index (κ2) is 8.29. The van der Waals surface area contributed by atoms with Crippen LogP contribution >= 0.6 is 0 Å². The van der Waals surface area contributed by atoms with E-state index in [2.05, 4.69) is 5.58 Å². The number of benzene rings is 2. The van der Waals surface area contributed by atoms with Crippen molar-refractivity contribution in [1.82, 2.24) is 0 Å². The molecule has 2 rings (SSSR count). The summed E-state index contributed by atoms with van der Waals surface area (Å²) in [4.78, 5) is 42.9. The van der Waals surface area contributed by atoms with Crippen molar-refractivity contribution >= 4 is 47.9 Å². The molecule has 0 aromatic heterocycles. The van der Waals surface area contributed by atoms with E-state index < -0.39 is 69.2 Å². The molecule has 0 saturated heterocycles. The molecule has 27 heavy (non-hydrogen) atoms. The van der Waals surface area contributed by atoms with Crippen LogP contribution < -0.4 is 0 Å². The number of nitro groups is 2. The van der Waals surface area contributed by atoms with Gasteiger partial charge in [-0.2, -0.15) is 0 Å². The van der Waals surface area contributed by atoms with Crippen LogP contribution in [0.15, 0.2) is 36.4 Å². The molecule has 0 spiro atoms. The second-order valence-corrected chi connectivity index (χ2v) is 6.71. The number of hydrogen-bond donors (Lipinski definition) is 2. The maximum atomic E-state index is 11.8. The number of aromatic hydroxyl groups is 2. The number of non-ortho nitro benzene ring substituents is 2. The van der Waals surface area contributed by atoms with E-state index >= 15 is 0 Å². The van der Waals surface area contributed by atoms with Gasteiger partial charge in [-0.05, 0) is 0 Å². The van der Waals surface area contributed by atoms with Gasteiger partial charge in [-0.15, -0.1) is 0 Å². The van der Waals surface area contributed by atoms with Gasteiger partial charge in [0.15, 0.2) is 0 Å². The van der Waals surface area contributed by atoms with E-state index in [1.165, 1.54) is 0 Å². The van der Waals surface area contributed by atoms with Crippen LogP contribution in [0.1, 0.15) is 0 Å². The molecule has 0 atom stereocenters. The number of hydrogen-bond acceptors (Lipinski definition) is 10. The minimum atomic E-state index is -2.94. The molecule has 2 aromatic carbocycles. The van der Waals surface area contributed by atoms with Crippen molar-refractivity contribution in [3.05, 3.63) is 66.4 Å². The van der Waals surface area contributed by atoms with Gasteiger partial charge >= 0.3 is 161 Å². The van der Waals surface area contributed by atoms with Gasteiger partial charge in [0.1, 0.15) is 0 Å². The van der Waals surface area contributed by atoms with Crippen LogP contribution in [0.5, 0.6) is 11.5 Å². The van der Waals surface area contributed by atoms with Gasteiger partial charge in [0, 0.05) is 0 Å². The molecular formula is C12H8N4O10Pb+2. The Kier molecular flexibility index (Phi) is 6.11. The van der Waals surface area contributed by atoms with Crippen molar-refractivity contribution in [3.63, 3.8) is 0 Å². The zero-order valence-electron chi connectivity index (χ0n) is 12.9. The molecule has 0 amide bonds. The number of nitrogens with zero attached hydrogens (tertiary/aromatic N) is 4. The van der Waals surface area contributed by atoms with Crippen LogP contribution in [0.25, 0.3) is 0 Å². The molecule has 0 aliphatic rings. The van der Waals surface area contributed by atoms with Gasteiger partial charge in [-0.25, -0.2) is 0 Å². The van der Waals surface area contributed by atoms with Crippen molar-refractivity contribution in [2.24, 2.45) is 0 Å². The van der Waals surface area contributed by atoms with E-state index in [0.717, 1.165) is 36.4 Å². The number of phenolic OH excluding ortho intramolecular Hbond substituents is 2. The van der Waals surface area contributed by atoms with E-state index in [1.807, 2.05) is 0 Å². The Balaban J connectivity index is 2.04. The Morgan fingerprint density at radius 3 is 1.44 bits per heavy atom. The normalized spacial score (nSPS) is 10.1. The zero-order valence-corrected chi connectivity index (χ0v) is 16.8. The minimum absolute atomic E-state index is 0.243. The van der Waals surface area contributed by atoms with E-state index in [9.17, 15) is 40.3 Å². The fraction of sp³-hybridized carbons (Fsp3) is 0. The van der Waals surface area contributed by atoms with E-state index in [1.54, 1.807) is 0 Å². The van der Waals surface area contributed by atoms with E-state index in [0.29, 0.717) is 0 Å². The summed E-state index contributed by atoms with van der Waals surface area (Å²) in [7, 11) is 0. The van der Waals surface area contributed by atoms with Crippen molar-refractivity contribution in [1.29, 1.82) is 0 Å². The monoisotopic (exact) mass is 576 g/mol. The summed E-state index contributed by atoms with van der Waals surface area (Å²) in [5.41, 5.74) is -2.10. The van der Waals surface area contributed by atoms with Crippen LogP contribution in [-0.4, -0.2) is 55.0 Å². The summed E-state index contributed by atoms with van der Waals surface area (Å²) in [6.45, 7) is 0. The molecule has 0 saturated carbocycles. The Bertz CT molecular complexity index is 874. The maximum absolute atomic E-state index is 11.8. The van der Waals surface area contributed by atoms with Crippen LogP contribution in [0.4, 0.5) is 22.7 Å². The first-order valence-corrected chi connectivity index (χ1v) is 9.86. The standard InChI is InChI=1S/2C6H4N2O5.Pb/c2*9-6-2-1-4(7(10)11)3-5(6)8(12)13;/h2*1-3,9H;/q;;+2. The predicted octanol–water partition coefficient (Wildman–Crippen LogP) is 1.83. The second-order valence-electron chi connectivity index (χ2n) is 4.64. The summed E-state index contributed by atoms with van der Waals surface area (Å²) in [6, 6.07) is 5.28. The van der Waals surface area contributed by atoms with Gasteiger partial charge < -0.3 is 0 Å². The average Bonchev–Trinajstić information content (AvgIpc) is 2.61. The molecular weight excluding hydrogens is 567 g/mol. The molecule has 2 aromatic rings. The van der Waals surface area contributed by atoms with Gasteiger partial charge in [0.25, 0.3) is 0 Å². The van der Waals surface area contributed by atoms with Gasteiger partial charge in [0.2, 0.25) is 0 Å². The fourth-order valence-electron chi connectivity index (χ4n) is 1.73. The average molecular weight is 575 g/mol. The Labute approximate surface area is 161 Å².